The standard InChI is InChI=1S/C19H17Cl2N3O2/c1-12-5-3-8-16(13(12)2)22-19(25)17-9-10-24(23-17)11-26-18-14(20)6-4-7-15(18)21/h3-10H,11H2,1-2H3,(H,22,25). The zero-order valence-electron chi connectivity index (χ0n) is 14.3. The Morgan fingerprint density at radius 2 is 1.81 bits per heavy atom. The van der Waals surface area contributed by atoms with Gasteiger partial charge >= 0.3 is 0 Å². The van der Waals surface area contributed by atoms with Gasteiger partial charge in [-0.15, -0.1) is 0 Å². The molecule has 0 aliphatic rings. The van der Waals surface area contributed by atoms with Gasteiger partial charge in [-0.1, -0.05) is 41.4 Å². The van der Waals surface area contributed by atoms with Crippen LogP contribution in [-0.2, 0) is 6.73 Å². The molecule has 0 fully saturated rings. The Hall–Kier alpha value is -2.50. The molecule has 26 heavy (non-hydrogen) atoms. The fourth-order valence-electron chi connectivity index (χ4n) is 2.38. The summed E-state index contributed by atoms with van der Waals surface area (Å²) in [5.74, 6) is 0.0981. The van der Waals surface area contributed by atoms with Crippen LogP contribution in [0.1, 0.15) is 21.6 Å². The summed E-state index contributed by atoms with van der Waals surface area (Å²) in [6.07, 6.45) is 1.66. The van der Waals surface area contributed by atoms with Crippen LogP contribution < -0.4 is 10.1 Å². The van der Waals surface area contributed by atoms with E-state index in [9.17, 15) is 4.79 Å². The summed E-state index contributed by atoms with van der Waals surface area (Å²) in [5.41, 5.74) is 3.19. The Morgan fingerprint density at radius 3 is 2.54 bits per heavy atom. The lowest BCUT2D eigenvalue weighted by atomic mass is 10.1. The van der Waals surface area contributed by atoms with E-state index in [-0.39, 0.29) is 12.6 Å². The molecule has 0 atom stereocenters. The molecule has 0 bridgehead atoms. The molecule has 3 rings (SSSR count). The second kappa shape index (κ2) is 7.81. The lowest BCUT2D eigenvalue weighted by molar-refractivity contribution is 0.102. The van der Waals surface area contributed by atoms with E-state index in [0.29, 0.717) is 21.5 Å². The third kappa shape index (κ3) is 4.00. The van der Waals surface area contributed by atoms with E-state index < -0.39 is 0 Å². The van der Waals surface area contributed by atoms with Gasteiger partial charge in [0.25, 0.3) is 5.91 Å². The van der Waals surface area contributed by atoms with Gasteiger partial charge in [-0.3, -0.25) is 4.79 Å². The van der Waals surface area contributed by atoms with Crippen molar-refractivity contribution in [3.63, 3.8) is 0 Å². The van der Waals surface area contributed by atoms with Crippen molar-refractivity contribution >= 4 is 34.8 Å². The average Bonchev–Trinajstić information content (AvgIpc) is 3.08. The highest BCUT2D eigenvalue weighted by atomic mass is 35.5. The smallest absolute Gasteiger partial charge is 0.276 e. The number of amides is 1. The maximum absolute atomic E-state index is 12.4. The molecule has 0 aliphatic heterocycles. The number of nitrogens with one attached hydrogen (secondary N) is 1. The maximum atomic E-state index is 12.4. The van der Waals surface area contributed by atoms with Crippen molar-refractivity contribution in [1.29, 1.82) is 0 Å². The Labute approximate surface area is 161 Å². The highest BCUT2D eigenvalue weighted by Gasteiger charge is 2.12. The molecule has 0 unspecified atom stereocenters. The first kappa shape index (κ1) is 18.3. The lowest BCUT2D eigenvalue weighted by Crippen LogP contribution is -2.15. The highest BCUT2D eigenvalue weighted by Crippen LogP contribution is 2.32. The topological polar surface area (TPSA) is 56.2 Å². The molecule has 0 aliphatic carbocycles. The predicted octanol–water partition coefficient (Wildman–Crippen LogP) is 5.10. The summed E-state index contributed by atoms with van der Waals surface area (Å²) in [6.45, 7) is 4.04. The van der Waals surface area contributed by atoms with Crippen molar-refractivity contribution in [3.8, 4) is 5.75 Å². The normalized spacial score (nSPS) is 10.6. The van der Waals surface area contributed by atoms with Gasteiger partial charge in [0.15, 0.2) is 18.2 Å². The van der Waals surface area contributed by atoms with Crippen LogP contribution in [0, 0.1) is 13.8 Å². The van der Waals surface area contributed by atoms with E-state index in [4.69, 9.17) is 27.9 Å². The average molecular weight is 390 g/mol. The third-order valence-electron chi connectivity index (χ3n) is 3.99. The summed E-state index contributed by atoms with van der Waals surface area (Å²) in [4.78, 5) is 12.4. The molecule has 0 spiro atoms. The number of aryl methyl sites for hydroxylation is 1. The number of hydrogen-bond acceptors (Lipinski definition) is 3. The van der Waals surface area contributed by atoms with Crippen LogP contribution in [-0.4, -0.2) is 15.7 Å². The number of carbonyl (C=O) groups is 1. The van der Waals surface area contributed by atoms with Crippen LogP contribution in [0.2, 0.25) is 10.0 Å². The molecule has 1 N–H and O–H groups in total. The number of aromatic nitrogens is 2. The molecular weight excluding hydrogens is 373 g/mol. The van der Waals surface area contributed by atoms with Crippen molar-refractivity contribution in [2.45, 2.75) is 20.6 Å². The first-order valence-electron chi connectivity index (χ1n) is 7.93. The Balaban J connectivity index is 1.67. The van der Waals surface area contributed by atoms with Gasteiger partial charge in [0.2, 0.25) is 0 Å². The quantitative estimate of drug-likeness (QED) is 0.660. The van der Waals surface area contributed by atoms with Gasteiger partial charge in [0.05, 0.1) is 10.0 Å². The van der Waals surface area contributed by atoms with Gasteiger partial charge in [-0.2, -0.15) is 5.10 Å². The predicted molar refractivity (Wildman–Crippen MR) is 103 cm³/mol. The van der Waals surface area contributed by atoms with Crippen molar-refractivity contribution < 1.29 is 9.53 Å². The minimum Gasteiger partial charge on any atom is -0.468 e. The van der Waals surface area contributed by atoms with Crippen LogP contribution in [0.4, 0.5) is 5.69 Å². The first-order valence-corrected chi connectivity index (χ1v) is 8.69. The number of benzene rings is 2. The van der Waals surface area contributed by atoms with Crippen LogP contribution in [0.15, 0.2) is 48.7 Å². The molecular formula is C19H17Cl2N3O2. The molecule has 0 radical (unpaired) electrons. The van der Waals surface area contributed by atoms with Gasteiger partial charge in [0, 0.05) is 11.9 Å². The number of rotatable bonds is 5. The van der Waals surface area contributed by atoms with Gasteiger partial charge in [-0.05, 0) is 49.2 Å². The van der Waals surface area contributed by atoms with E-state index in [0.717, 1.165) is 16.8 Å². The van der Waals surface area contributed by atoms with Crippen LogP contribution >= 0.6 is 23.2 Å². The summed E-state index contributed by atoms with van der Waals surface area (Å²) >= 11 is 12.1. The monoisotopic (exact) mass is 389 g/mol. The summed E-state index contributed by atoms with van der Waals surface area (Å²) in [7, 11) is 0. The van der Waals surface area contributed by atoms with E-state index >= 15 is 0 Å². The zero-order chi connectivity index (χ0) is 18.7. The molecule has 0 saturated heterocycles. The molecule has 1 amide bonds. The highest BCUT2D eigenvalue weighted by molar-refractivity contribution is 6.37. The Bertz CT molecular complexity index is 933. The molecule has 134 valence electrons. The number of anilines is 1. The van der Waals surface area contributed by atoms with Gasteiger partial charge < -0.3 is 10.1 Å². The lowest BCUT2D eigenvalue weighted by Gasteiger charge is -2.10. The number of halogens is 2. The van der Waals surface area contributed by atoms with E-state index in [1.807, 2.05) is 32.0 Å². The molecule has 0 saturated carbocycles. The number of para-hydroxylation sites is 1. The number of carbonyl (C=O) groups excluding carboxylic acids is 1. The molecule has 5 nitrogen and oxygen atoms in total. The molecule has 1 heterocycles. The zero-order valence-corrected chi connectivity index (χ0v) is 15.8. The van der Waals surface area contributed by atoms with E-state index in [2.05, 4.69) is 10.4 Å². The van der Waals surface area contributed by atoms with Crippen LogP contribution in [0.5, 0.6) is 5.75 Å². The second-order valence-corrected chi connectivity index (χ2v) is 6.58. The van der Waals surface area contributed by atoms with Crippen LogP contribution in [0.3, 0.4) is 0 Å². The van der Waals surface area contributed by atoms with E-state index in [1.165, 1.54) is 4.68 Å². The van der Waals surface area contributed by atoms with Crippen molar-refractivity contribution in [3.05, 3.63) is 75.5 Å². The summed E-state index contributed by atoms with van der Waals surface area (Å²) < 4.78 is 7.10. The minimum atomic E-state index is -0.284. The molecule has 1 aromatic heterocycles. The largest absolute Gasteiger partial charge is 0.468 e. The van der Waals surface area contributed by atoms with Gasteiger partial charge in [-0.25, -0.2) is 4.68 Å². The number of hydrogen-bond donors (Lipinski definition) is 1. The fourth-order valence-corrected chi connectivity index (χ4v) is 2.89. The van der Waals surface area contributed by atoms with E-state index in [1.54, 1.807) is 30.5 Å². The van der Waals surface area contributed by atoms with Crippen LogP contribution in [0.25, 0.3) is 0 Å². The second-order valence-electron chi connectivity index (χ2n) is 5.77. The fraction of sp³-hybridized carbons (Fsp3) is 0.158. The van der Waals surface area contributed by atoms with Crippen molar-refractivity contribution in [1.82, 2.24) is 9.78 Å². The minimum absolute atomic E-state index is 0.0835. The van der Waals surface area contributed by atoms with Gasteiger partial charge in [0.1, 0.15) is 0 Å². The third-order valence-corrected chi connectivity index (χ3v) is 4.58. The first-order chi connectivity index (χ1) is 12.5. The maximum Gasteiger partial charge on any atom is 0.276 e. The molecule has 7 heteroatoms. The number of nitrogens with zero attached hydrogens (tertiary/aromatic N) is 2. The summed E-state index contributed by atoms with van der Waals surface area (Å²) in [6, 6.07) is 12.5. The Morgan fingerprint density at radius 1 is 1.12 bits per heavy atom. The number of ether oxygens (including phenoxy) is 1. The SMILES string of the molecule is Cc1cccc(NC(=O)c2ccn(COc3c(Cl)cccc3Cl)n2)c1C. The Kier molecular flexibility index (Phi) is 5.49. The molecule has 3 aromatic rings. The summed E-state index contributed by atoms with van der Waals surface area (Å²) in [5, 5.41) is 7.93. The van der Waals surface area contributed by atoms with Crippen molar-refractivity contribution in [2.75, 3.05) is 5.32 Å². The molecule has 2 aromatic carbocycles. The van der Waals surface area contributed by atoms with Crippen molar-refractivity contribution in [2.24, 2.45) is 0 Å².